The Morgan fingerprint density at radius 1 is 1.23 bits per heavy atom. The zero-order valence-corrected chi connectivity index (χ0v) is 17.4. The summed E-state index contributed by atoms with van der Waals surface area (Å²) in [4.78, 5) is 29.7. The van der Waals surface area contributed by atoms with Gasteiger partial charge in [-0.2, -0.15) is 0 Å². The first-order valence-corrected chi connectivity index (χ1v) is 10.3. The number of hydrogen-bond donors (Lipinski definition) is 2. The fraction of sp³-hybridized carbons (Fsp3) is 0.478. The van der Waals surface area contributed by atoms with E-state index in [0.29, 0.717) is 12.8 Å². The fourth-order valence-electron chi connectivity index (χ4n) is 6.03. The lowest BCUT2D eigenvalue weighted by molar-refractivity contribution is -0.145. The van der Waals surface area contributed by atoms with Gasteiger partial charge in [0.1, 0.15) is 11.3 Å². The van der Waals surface area contributed by atoms with Crippen molar-refractivity contribution in [1.29, 1.82) is 0 Å². The van der Waals surface area contributed by atoms with Crippen molar-refractivity contribution < 1.29 is 19.4 Å². The van der Waals surface area contributed by atoms with E-state index >= 15 is 0 Å². The number of pyridine rings is 1. The van der Waals surface area contributed by atoms with E-state index in [9.17, 15) is 14.7 Å². The van der Waals surface area contributed by atoms with E-state index in [0.717, 1.165) is 42.0 Å². The van der Waals surface area contributed by atoms with Crippen LogP contribution < -0.4 is 10.3 Å². The van der Waals surface area contributed by atoms with E-state index in [4.69, 9.17) is 9.47 Å². The molecule has 5 rings (SSSR count). The zero-order valence-electron chi connectivity index (χ0n) is 17.4. The molecule has 2 bridgehead atoms. The van der Waals surface area contributed by atoms with Crippen molar-refractivity contribution in [2.45, 2.75) is 42.7 Å². The van der Waals surface area contributed by atoms with Gasteiger partial charge >= 0.3 is 5.97 Å². The number of methoxy groups -OCH3 is 2. The maximum atomic E-state index is 12.6. The molecule has 2 heterocycles. The van der Waals surface area contributed by atoms with Crippen LogP contribution in [-0.2, 0) is 29.4 Å². The predicted molar refractivity (Wildman–Crippen MR) is 110 cm³/mol. The summed E-state index contributed by atoms with van der Waals surface area (Å²) in [7, 11) is 4.96. The Labute approximate surface area is 174 Å². The molecule has 1 saturated heterocycles. The Bertz CT molecular complexity index is 1110. The lowest BCUT2D eigenvalue weighted by Gasteiger charge is -2.63. The largest absolute Gasteiger partial charge is 0.497 e. The van der Waals surface area contributed by atoms with Gasteiger partial charge in [0.05, 0.1) is 19.8 Å². The van der Waals surface area contributed by atoms with E-state index in [2.05, 4.69) is 23.0 Å². The summed E-state index contributed by atoms with van der Waals surface area (Å²) in [6, 6.07) is 7.67. The van der Waals surface area contributed by atoms with Gasteiger partial charge in [0.15, 0.2) is 0 Å². The number of likely N-dealkylation sites (tertiary alicyclic amines) is 1. The molecule has 3 atom stereocenters. The van der Waals surface area contributed by atoms with Crippen molar-refractivity contribution in [2.75, 3.05) is 27.8 Å². The number of nitrogens with zero attached hydrogens (tertiary/aromatic N) is 1. The maximum Gasteiger partial charge on any atom is 0.343 e. The number of H-pyrrole nitrogens is 1. The molecule has 2 aliphatic carbocycles. The highest BCUT2D eigenvalue weighted by molar-refractivity contribution is 5.89. The number of fused-ring (bicyclic) bond motifs is 2. The van der Waals surface area contributed by atoms with Crippen LogP contribution in [0.5, 0.6) is 5.75 Å². The van der Waals surface area contributed by atoms with Gasteiger partial charge in [0.2, 0.25) is 0 Å². The number of likely N-dealkylation sites (N-methyl/N-ethyl adjacent to an activating group) is 1. The number of hydrogen-bond acceptors (Lipinski definition) is 6. The van der Waals surface area contributed by atoms with Crippen molar-refractivity contribution in [3.63, 3.8) is 0 Å². The number of rotatable bonds is 2. The number of esters is 1. The second kappa shape index (κ2) is 6.43. The molecule has 2 N–H and O–H groups in total. The molecule has 158 valence electrons. The van der Waals surface area contributed by atoms with Gasteiger partial charge in [-0.3, -0.25) is 4.79 Å². The monoisotopic (exact) mass is 410 g/mol. The Morgan fingerprint density at radius 3 is 2.77 bits per heavy atom. The summed E-state index contributed by atoms with van der Waals surface area (Å²) in [5.41, 5.74) is 1.91. The summed E-state index contributed by atoms with van der Waals surface area (Å²) in [5.74, 6) is 0.102. The molecule has 1 fully saturated rings. The predicted octanol–water partition coefficient (Wildman–Crippen LogP) is 1.20. The van der Waals surface area contributed by atoms with E-state index in [1.54, 1.807) is 13.2 Å². The number of nitrogens with one attached hydrogen (secondary N) is 1. The van der Waals surface area contributed by atoms with Crippen molar-refractivity contribution >= 4 is 5.97 Å². The van der Waals surface area contributed by atoms with Crippen LogP contribution in [0.1, 0.15) is 39.2 Å². The van der Waals surface area contributed by atoms with Crippen LogP contribution in [0, 0.1) is 0 Å². The van der Waals surface area contributed by atoms with Crippen molar-refractivity contribution in [3.8, 4) is 5.75 Å². The fourth-order valence-corrected chi connectivity index (χ4v) is 6.03. The molecule has 3 aliphatic rings. The van der Waals surface area contributed by atoms with Crippen LogP contribution in [0.15, 0.2) is 29.1 Å². The number of carbonyl (C=O) groups excluding carboxylic acids is 1. The number of benzene rings is 1. The first-order chi connectivity index (χ1) is 14.3. The molecule has 0 saturated carbocycles. The normalized spacial score (nSPS) is 29.4. The zero-order chi connectivity index (χ0) is 21.3. The van der Waals surface area contributed by atoms with Crippen LogP contribution in [0.4, 0.5) is 0 Å². The number of aliphatic hydroxyl groups is 1. The van der Waals surface area contributed by atoms with Gasteiger partial charge in [-0.25, -0.2) is 4.79 Å². The van der Waals surface area contributed by atoms with Gasteiger partial charge in [-0.15, -0.1) is 0 Å². The van der Waals surface area contributed by atoms with Crippen LogP contribution in [0.25, 0.3) is 0 Å². The molecule has 1 aromatic carbocycles. The Hall–Kier alpha value is -2.64. The lowest BCUT2D eigenvalue weighted by atomic mass is 9.49. The van der Waals surface area contributed by atoms with Gasteiger partial charge in [-0.05, 0) is 61.3 Å². The number of ether oxygens (including phenoxy) is 2. The molecular weight excluding hydrogens is 384 g/mol. The highest BCUT2D eigenvalue weighted by Crippen LogP contribution is 2.56. The molecule has 2 aromatic rings. The van der Waals surface area contributed by atoms with Gasteiger partial charge in [0.25, 0.3) is 5.56 Å². The first kappa shape index (κ1) is 19.3. The summed E-state index contributed by atoms with van der Waals surface area (Å²) < 4.78 is 10.2. The van der Waals surface area contributed by atoms with Crippen LogP contribution in [0.3, 0.4) is 0 Å². The minimum atomic E-state index is -1.02. The second-order valence-corrected chi connectivity index (χ2v) is 8.84. The summed E-state index contributed by atoms with van der Waals surface area (Å²) in [6.45, 7) is 0.865. The van der Waals surface area contributed by atoms with E-state index in [1.165, 1.54) is 12.7 Å². The molecular formula is C23H26N2O5. The quantitative estimate of drug-likeness (QED) is 0.723. The summed E-state index contributed by atoms with van der Waals surface area (Å²) >= 11 is 0. The molecule has 1 aromatic heterocycles. The third kappa shape index (κ3) is 2.39. The Morgan fingerprint density at radius 2 is 2.03 bits per heavy atom. The smallest absolute Gasteiger partial charge is 0.343 e. The number of piperidine rings is 1. The van der Waals surface area contributed by atoms with Gasteiger partial charge in [-0.1, -0.05) is 6.07 Å². The van der Waals surface area contributed by atoms with E-state index < -0.39 is 22.5 Å². The van der Waals surface area contributed by atoms with E-state index in [-0.39, 0.29) is 11.6 Å². The number of carbonyl (C=O) groups is 1. The SMILES string of the molecule is COC(=O)c1cc2c([nH]c1=O)CC13CCN(C)[C@H](Cc4ccc(OC)cc41)[C@]3(O)C2. The minimum Gasteiger partial charge on any atom is -0.497 e. The summed E-state index contributed by atoms with van der Waals surface area (Å²) in [6.07, 6.45) is 2.41. The molecule has 1 unspecified atom stereocenters. The molecule has 0 amide bonds. The van der Waals surface area contributed by atoms with Gasteiger partial charge < -0.3 is 24.5 Å². The van der Waals surface area contributed by atoms with Crippen LogP contribution in [0.2, 0.25) is 0 Å². The topological polar surface area (TPSA) is 91.9 Å². The molecule has 7 nitrogen and oxygen atoms in total. The van der Waals surface area contributed by atoms with E-state index in [1.807, 2.05) is 12.1 Å². The summed E-state index contributed by atoms with van der Waals surface area (Å²) in [5, 5.41) is 12.3. The number of aromatic amines is 1. The highest BCUT2D eigenvalue weighted by Gasteiger charge is 2.64. The average Bonchev–Trinajstić information content (AvgIpc) is 2.73. The van der Waals surface area contributed by atoms with Crippen LogP contribution >= 0.6 is 0 Å². The third-order valence-electron chi connectivity index (χ3n) is 7.61. The standard InChI is InChI=1S/C23H26N2O5/c1-25-7-6-22-12-18-14(8-16(20(26)24-18)21(27)30-3)11-23(22,28)19(25)9-13-4-5-15(29-2)10-17(13)22/h4-5,8,10,19,28H,6-7,9,11-12H2,1-3H3,(H,24,26)/t19-,22?,23-/m1/s1. The van der Waals surface area contributed by atoms with Crippen molar-refractivity contribution in [2.24, 2.45) is 0 Å². The Balaban J connectivity index is 1.73. The van der Waals surface area contributed by atoms with Crippen molar-refractivity contribution in [1.82, 2.24) is 9.88 Å². The third-order valence-corrected chi connectivity index (χ3v) is 7.61. The van der Waals surface area contributed by atoms with Crippen molar-refractivity contribution in [3.05, 3.63) is 62.6 Å². The maximum absolute atomic E-state index is 12.6. The van der Waals surface area contributed by atoms with Gasteiger partial charge in [0, 0.05) is 30.0 Å². The molecule has 7 heteroatoms. The Kier molecular flexibility index (Phi) is 4.14. The highest BCUT2D eigenvalue weighted by atomic mass is 16.5. The second-order valence-electron chi connectivity index (χ2n) is 8.84. The average molecular weight is 410 g/mol. The molecule has 1 aliphatic heterocycles. The minimum absolute atomic E-state index is 0.0211. The molecule has 30 heavy (non-hydrogen) atoms. The molecule has 0 radical (unpaired) electrons. The lowest BCUT2D eigenvalue weighted by Crippen LogP contribution is -2.73. The van der Waals surface area contributed by atoms with Crippen LogP contribution in [-0.4, -0.2) is 60.4 Å². The molecule has 0 spiro atoms. The number of aromatic nitrogens is 1. The first-order valence-electron chi connectivity index (χ1n) is 10.3.